The fourth-order valence-corrected chi connectivity index (χ4v) is 2.52. The third-order valence-corrected chi connectivity index (χ3v) is 3.66. The maximum atomic E-state index is 12.3. The van der Waals surface area contributed by atoms with E-state index in [9.17, 15) is 4.79 Å². The van der Waals surface area contributed by atoms with Gasteiger partial charge in [-0.25, -0.2) is 0 Å². The molecule has 5 nitrogen and oxygen atoms in total. The van der Waals surface area contributed by atoms with Gasteiger partial charge in [0.15, 0.2) is 0 Å². The van der Waals surface area contributed by atoms with Gasteiger partial charge >= 0.3 is 0 Å². The average molecular weight is 278 g/mol. The topological polar surface area (TPSA) is 59.6 Å². The van der Waals surface area contributed by atoms with E-state index >= 15 is 0 Å². The summed E-state index contributed by atoms with van der Waals surface area (Å²) in [6.07, 6.45) is 1.72. The summed E-state index contributed by atoms with van der Waals surface area (Å²) < 4.78 is 10.5. The lowest BCUT2D eigenvalue weighted by molar-refractivity contribution is -0.120. The van der Waals surface area contributed by atoms with E-state index < -0.39 is 0 Å². The molecule has 5 heteroatoms. The molecule has 1 aromatic rings. The molecule has 0 spiro atoms. The average Bonchev–Trinajstić information content (AvgIpc) is 2.47. The molecule has 1 saturated heterocycles. The van der Waals surface area contributed by atoms with Gasteiger partial charge < -0.3 is 20.1 Å². The molecule has 0 aromatic heterocycles. The largest absolute Gasteiger partial charge is 0.497 e. The van der Waals surface area contributed by atoms with Gasteiger partial charge in [-0.2, -0.15) is 0 Å². The highest BCUT2D eigenvalue weighted by molar-refractivity contribution is 5.94. The van der Waals surface area contributed by atoms with E-state index in [1.807, 2.05) is 0 Å². The summed E-state index contributed by atoms with van der Waals surface area (Å²) in [4.78, 5) is 12.3. The van der Waals surface area contributed by atoms with Crippen LogP contribution in [0.4, 0.5) is 5.69 Å². The first kappa shape index (κ1) is 14.7. The molecular formula is C15H22N2O3. The number of hydrogen-bond donors (Lipinski definition) is 2. The summed E-state index contributed by atoms with van der Waals surface area (Å²) in [7, 11) is 3.19. The smallest absolute Gasteiger partial charge is 0.227 e. The molecule has 1 amide bonds. The summed E-state index contributed by atoms with van der Waals surface area (Å²) in [6.45, 7) is 2.99. The summed E-state index contributed by atoms with van der Waals surface area (Å²) in [5.74, 6) is 1.42. The van der Waals surface area contributed by atoms with Crippen LogP contribution in [0, 0.1) is 5.92 Å². The summed E-state index contributed by atoms with van der Waals surface area (Å²) in [5.41, 5.74) is 0.656. The monoisotopic (exact) mass is 278 g/mol. The molecule has 0 saturated carbocycles. The molecule has 0 radical (unpaired) electrons. The van der Waals surface area contributed by atoms with Crippen LogP contribution in [-0.4, -0.2) is 32.7 Å². The second kappa shape index (κ2) is 6.61. The number of rotatable bonds is 4. The molecule has 0 bridgehead atoms. The number of benzene rings is 1. The van der Waals surface area contributed by atoms with Crippen LogP contribution in [0.3, 0.4) is 0 Å². The van der Waals surface area contributed by atoms with Gasteiger partial charge in [0.05, 0.1) is 19.9 Å². The van der Waals surface area contributed by atoms with E-state index in [0.29, 0.717) is 23.2 Å². The number of piperidine rings is 1. The summed E-state index contributed by atoms with van der Waals surface area (Å²) in [5, 5.41) is 6.30. The van der Waals surface area contributed by atoms with Gasteiger partial charge in [0.1, 0.15) is 11.5 Å². The molecule has 2 N–H and O–H groups in total. The third-order valence-electron chi connectivity index (χ3n) is 3.66. The molecule has 1 aliphatic rings. The standard InChI is InChI=1S/C15H22N2O3/c1-10-8-11(6-7-16-10)15(18)17-13-9-12(19-2)4-5-14(13)20-3/h4-5,9-11,16H,6-8H2,1-3H3,(H,17,18). The van der Waals surface area contributed by atoms with Crippen LogP contribution >= 0.6 is 0 Å². The first-order valence-corrected chi connectivity index (χ1v) is 6.90. The Kier molecular flexibility index (Phi) is 4.84. The molecule has 110 valence electrons. The molecular weight excluding hydrogens is 256 g/mol. The van der Waals surface area contributed by atoms with Crippen molar-refractivity contribution < 1.29 is 14.3 Å². The van der Waals surface area contributed by atoms with Gasteiger partial charge in [-0.3, -0.25) is 4.79 Å². The molecule has 2 atom stereocenters. The van der Waals surface area contributed by atoms with Crippen molar-refractivity contribution in [2.75, 3.05) is 26.1 Å². The zero-order valence-electron chi connectivity index (χ0n) is 12.2. The molecule has 2 unspecified atom stereocenters. The van der Waals surface area contributed by atoms with E-state index in [-0.39, 0.29) is 11.8 Å². The molecule has 1 aromatic carbocycles. The predicted octanol–water partition coefficient (Wildman–Crippen LogP) is 2.03. The zero-order chi connectivity index (χ0) is 14.5. The lowest BCUT2D eigenvalue weighted by atomic mass is 9.92. The van der Waals surface area contributed by atoms with Crippen molar-refractivity contribution in [1.29, 1.82) is 0 Å². The third kappa shape index (κ3) is 3.42. The highest BCUT2D eigenvalue weighted by atomic mass is 16.5. The number of methoxy groups -OCH3 is 2. The fraction of sp³-hybridized carbons (Fsp3) is 0.533. The van der Waals surface area contributed by atoms with Crippen LogP contribution < -0.4 is 20.1 Å². The fourth-order valence-electron chi connectivity index (χ4n) is 2.52. The highest BCUT2D eigenvalue weighted by Crippen LogP contribution is 2.30. The van der Waals surface area contributed by atoms with Crippen LogP contribution in [0.2, 0.25) is 0 Å². The number of carbonyl (C=O) groups is 1. The lowest BCUT2D eigenvalue weighted by Gasteiger charge is -2.27. The van der Waals surface area contributed by atoms with E-state index in [1.165, 1.54) is 0 Å². The van der Waals surface area contributed by atoms with E-state index in [0.717, 1.165) is 19.4 Å². The van der Waals surface area contributed by atoms with Crippen molar-refractivity contribution in [3.63, 3.8) is 0 Å². The Morgan fingerprint density at radius 2 is 2.15 bits per heavy atom. The number of nitrogens with one attached hydrogen (secondary N) is 2. The lowest BCUT2D eigenvalue weighted by Crippen LogP contribution is -2.40. The maximum Gasteiger partial charge on any atom is 0.227 e. The SMILES string of the molecule is COc1ccc(OC)c(NC(=O)C2CCNC(C)C2)c1. The molecule has 1 aliphatic heterocycles. The minimum absolute atomic E-state index is 0.0437. The molecule has 1 heterocycles. The second-order valence-corrected chi connectivity index (χ2v) is 5.13. The summed E-state index contributed by atoms with van der Waals surface area (Å²) in [6, 6.07) is 5.76. The first-order chi connectivity index (χ1) is 9.63. The Bertz CT molecular complexity index is 476. The normalized spacial score (nSPS) is 22.1. The first-order valence-electron chi connectivity index (χ1n) is 6.90. The van der Waals surface area contributed by atoms with Crippen molar-refractivity contribution in [1.82, 2.24) is 5.32 Å². The van der Waals surface area contributed by atoms with Crippen molar-refractivity contribution in [2.45, 2.75) is 25.8 Å². The molecule has 1 fully saturated rings. The number of amides is 1. The van der Waals surface area contributed by atoms with Crippen LogP contribution in [0.25, 0.3) is 0 Å². The predicted molar refractivity (Wildman–Crippen MR) is 78.4 cm³/mol. The van der Waals surface area contributed by atoms with Crippen LogP contribution in [-0.2, 0) is 4.79 Å². The quantitative estimate of drug-likeness (QED) is 0.884. The Labute approximate surface area is 119 Å². The highest BCUT2D eigenvalue weighted by Gasteiger charge is 2.25. The Balaban J connectivity index is 2.10. The molecule has 0 aliphatic carbocycles. The Morgan fingerprint density at radius 1 is 1.35 bits per heavy atom. The number of hydrogen-bond acceptors (Lipinski definition) is 4. The van der Waals surface area contributed by atoms with Gasteiger partial charge in [-0.15, -0.1) is 0 Å². The van der Waals surface area contributed by atoms with Gasteiger partial charge in [0.25, 0.3) is 0 Å². The number of ether oxygens (including phenoxy) is 2. The van der Waals surface area contributed by atoms with Gasteiger partial charge in [-0.05, 0) is 38.4 Å². The Morgan fingerprint density at radius 3 is 2.80 bits per heavy atom. The van der Waals surface area contributed by atoms with E-state index in [1.54, 1.807) is 32.4 Å². The van der Waals surface area contributed by atoms with Crippen LogP contribution in [0.15, 0.2) is 18.2 Å². The maximum absolute atomic E-state index is 12.3. The van der Waals surface area contributed by atoms with Crippen molar-refractivity contribution in [3.8, 4) is 11.5 Å². The number of anilines is 1. The van der Waals surface area contributed by atoms with E-state index in [4.69, 9.17) is 9.47 Å². The van der Waals surface area contributed by atoms with E-state index in [2.05, 4.69) is 17.6 Å². The Hall–Kier alpha value is -1.75. The summed E-state index contributed by atoms with van der Waals surface area (Å²) >= 11 is 0. The number of carbonyl (C=O) groups excluding carboxylic acids is 1. The van der Waals surface area contributed by atoms with Gasteiger partial charge in [0.2, 0.25) is 5.91 Å². The van der Waals surface area contributed by atoms with Crippen LogP contribution in [0.5, 0.6) is 11.5 Å². The second-order valence-electron chi connectivity index (χ2n) is 5.13. The van der Waals surface area contributed by atoms with Crippen molar-refractivity contribution in [3.05, 3.63) is 18.2 Å². The van der Waals surface area contributed by atoms with Crippen molar-refractivity contribution in [2.24, 2.45) is 5.92 Å². The minimum Gasteiger partial charge on any atom is -0.497 e. The van der Waals surface area contributed by atoms with Crippen molar-refractivity contribution >= 4 is 11.6 Å². The minimum atomic E-state index is 0.0437. The van der Waals surface area contributed by atoms with Gasteiger partial charge in [0, 0.05) is 18.0 Å². The zero-order valence-corrected chi connectivity index (χ0v) is 12.2. The molecule has 20 heavy (non-hydrogen) atoms. The molecule has 2 rings (SSSR count). The van der Waals surface area contributed by atoms with Gasteiger partial charge in [-0.1, -0.05) is 0 Å². The van der Waals surface area contributed by atoms with Crippen LogP contribution in [0.1, 0.15) is 19.8 Å².